The molecule has 0 aliphatic heterocycles. The molecule has 2 aromatic rings. The van der Waals surface area contributed by atoms with E-state index in [1.54, 1.807) is 18.2 Å². The molecule has 0 radical (unpaired) electrons. The average Bonchev–Trinajstić information content (AvgIpc) is 2.79. The molecule has 0 unspecified atom stereocenters. The molecule has 0 saturated carbocycles. The number of phenols is 1. The number of aromatic hydroxyl groups is 1. The summed E-state index contributed by atoms with van der Waals surface area (Å²) in [5, 5.41) is 9.56. The summed E-state index contributed by atoms with van der Waals surface area (Å²) in [6, 6.07) is 7.75. The molecule has 11 heteroatoms. The number of phenolic OH excluding ortho intramolecular Hbond substituents is 1. The van der Waals surface area contributed by atoms with Crippen molar-refractivity contribution in [1.82, 2.24) is 0 Å². The molecule has 0 heterocycles. The summed E-state index contributed by atoms with van der Waals surface area (Å²) >= 11 is 10.7. The van der Waals surface area contributed by atoms with Crippen LogP contribution in [0.15, 0.2) is 30.3 Å². The van der Waals surface area contributed by atoms with Gasteiger partial charge in [0.1, 0.15) is 34.8 Å². The van der Waals surface area contributed by atoms with Crippen LogP contribution in [-0.2, 0) is 9.59 Å². The monoisotopic (exact) mass is 504 g/mol. The Morgan fingerprint density at radius 1 is 0.758 bits per heavy atom. The minimum atomic E-state index is -0.646. The van der Waals surface area contributed by atoms with E-state index in [0.29, 0.717) is 36.2 Å². The summed E-state index contributed by atoms with van der Waals surface area (Å²) in [5.74, 6) is 0.190. The predicted octanol–water partition coefficient (Wildman–Crippen LogP) is 4.18. The maximum atomic E-state index is 11.1. The summed E-state index contributed by atoms with van der Waals surface area (Å²) < 4.78 is 30.4. The second-order valence-electron chi connectivity index (χ2n) is 5.90. The Labute approximate surface area is 202 Å². The van der Waals surface area contributed by atoms with Crippen LogP contribution < -0.4 is 28.4 Å². The molecule has 1 N–H and O–H groups in total. The van der Waals surface area contributed by atoms with Gasteiger partial charge in [-0.25, -0.2) is 0 Å². The molecule has 2 rings (SSSR count). The Hall–Kier alpha value is -3.04. The van der Waals surface area contributed by atoms with Crippen LogP contribution in [0.3, 0.4) is 0 Å². The molecule has 0 fully saturated rings. The van der Waals surface area contributed by atoms with Crippen molar-refractivity contribution in [1.29, 1.82) is 0 Å². The number of hydrogen-bond donors (Lipinski definition) is 1. The molecule has 0 amide bonds. The Morgan fingerprint density at radius 3 is 1.73 bits per heavy atom. The van der Waals surface area contributed by atoms with Gasteiger partial charge in [0.05, 0.1) is 27.4 Å². The van der Waals surface area contributed by atoms with Crippen molar-refractivity contribution in [2.24, 2.45) is 0 Å². The van der Waals surface area contributed by atoms with Crippen molar-refractivity contribution >= 4 is 35.1 Å². The highest BCUT2D eigenvalue weighted by Crippen LogP contribution is 2.40. The van der Waals surface area contributed by atoms with Gasteiger partial charge in [0.2, 0.25) is 5.75 Å². The predicted molar refractivity (Wildman–Crippen MR) is 123 cm³/mol. The number of methoxy groups -OCH3 is 2. The SMILES string of the molecule is CCOc1cc(OCC)cc(OC(=O)CCl)c1.COc1cc(O)c(OC)c(OC(=O)CCl)c1. The Morgan fingerprint density at radius 2 is 1.27 bits per heavy atom. The second-order valence-corrected chi connectivity index (χ2v) is 6.43. The third kappa shape index (κ3) is 9.55. The Kier molecular flexibility index (Phi) is 12.7. The lowest BCUT2D eigenvalue weighted by Crippen LogP contribution is -2.09. The zero-order valence-corrected chi connectivity index (χ0v) is 20.2. The minimum absolute atomic E-state index is 0.0549. The third-order valence-electron chi connectivity index (χ3n) is 3.60. The molecule has 0 spiro atoms. The summed E-state index contributed by atoms with van der Waals surface area (Å²) in [6.07, 6.45) is 0. The molecule has 0 bridgehead atoms. The smallest absolute Gasteiger partial charge is 0.326 e. The first-order chi connectivity index (χ1) is 15.8. The number of ether oxygens (including phenoxy) is 6. The average molecular weight is 505 g/mol. The van der Waals surface area contributed by atoms with Gasteiger partial charge in [-0.3, -0.25) is 9.59 Å². The van der Waals surface area contributed by atoms with E-state index in [1.807, 2.05) is 13.8 Å². The van der Waals surface area contributed by atoms with E-state index >= 15 is 0 Å². The number of benzene rings is 2. The Bertz CT molecular complexity index is 895. The standard InChI is InChI=1S/C12H15ClO4.C10H11ClO5/c1-3-15-9-5-10(16-4-2)7-11(6-9)17-12(14)8-13;1-14-6-3-7(12)10(15-2)8(4-6)16-9(13)5-11/h5-7H,3-4,8H2,1-2H3;3-4,12H,5H2,1-2H3. The van der Waals surface area contributed by atoms with Crippen molar-refractivity contribution in [3.63, 3.8) is 0 Å². The van der Waals surface area contributed by atoms with Crippen LogP contribution in [0, 0.1) is 0 Å². The van der Waals surface area contributed by atoms with Crippen LogP contribution in [-0.4, -0.2) is 56.2 Å². The fourth-order valence-corrected chi connectivity index (χ4v) is 2.48. The van der Waals surface area contributed by atoms with Crippen LogP contribution in [0.4, 0.5) is 0 Å². The van der Waals surface area contributed by atoms with Gasteiger partial charge in [-0.05, 0) is 13.8 Å². The lowest BCUT2D eigenvalue weighted by atomic mass is 10.2. The van der Waals surface area contributed by atoms with E-state index in [2.05, 4.69) is 0 Å². The molecule has 9 nitrogen and oxygen atoms in total. The van der Waals surface area contributed by atoms with Gasteiger partial charge in [-0.15, -0.1) is 23.2 Å². The number of esters is 2. The number of carbonyl (C=O) groups excluding carboxylic acids is 2. The molecule has 0 aliphatic rings. The minimum Gasteiger partial charge on any atom is -0.504 e. The first-order valence-corrected chi connectivity index (χ1v) is 10.8. The second kappa shape index (κ2) is 14.9. The molecule has 0 atom stereocenters. The summed E-state index contributed by atoms with van der Waals surface area (Å²) in [5.41, 5.74) is 0. The highest BCUT2D eigenvalue weighted by atomic mass is 35.5. The largest absolute Gasteiger partial charge is 0.504 e. The molecule has 2 aromatic carbocycles. The summed E-state index contributed by atoms with van der Waals surface area (Å²) in [4.78, 5) is 22.1. The van der Waals surface area contributed by atoms with Gasteiger partial charge in [0.15, 0.2) is 11.5 Å². The van der Waals surface area contributed by atoms with Gasteiger partial charge in [0.25, 0.3) is 0 Å². The van der Waals surface area contributed by atoms with E-state index in [-0.39, 0.29) is 29.0 Å². The van der Waals surface area contributed by atoms with Gasteiger partial charge >= 0.3 is 11.9 Å². The van der Waals surface area contributed by atoms with E-state index in [4.69, 9.17) is 51.6 Å². The fraction of sp³-hybridized carbons (Fsp3) is 0.364. The maximum absolute atomic E-state index is 11.1. The highest BCUT2D eigenvalue weighted by molar-refractivity contribution is 6.26. The molecule has 33 heavy (non-hydrogen) atoms. The number of carbonyl (C=O) groups is 2. The fourth-order valence-electron chi connectivity index (χ4n) is 2.37. The zero-order valence-electron chi connectivity index (χ0n) is 18.7. The van der Waals surface area contributed by atoms with Gasteiger partial charge in [-0.2, -0.15) is 0 Å². The molecule has 182 valence electrons. The van der Waals surface area contributed by atoms with Crippen molar-refractivity contribution in [2.45, 2.75) is 13.8 Å². The Balaban J connectivity index is 0.000000331. The maximum Gasteiger partial charge on any atom is 0.326 e. The lowest BCUT2D eigenvalue weighted by Gasteiger charge is -2.11. The van der Waals surface area contributed by atoms with Crippen molar-refractivity contribution in [3.05, 3.63) is 30.3 Å². The van der Waals surface area contributed by atoms with Crippen LogP contribution in [0.5, 0.6) is 40.2 Å². The molecule has 0 aromatic heterocycles. The quantitative estimate of drug-likeness (QED) is 0.289. The lowest BCUT2D eigenvalue weighted by molar-refractivity contribution is -0.132. The molecule has 0 saturated heterocycles. The molecular formula is C22H26Cl2O9. The number of rotatable bonds is 10. The van der Waals surface area contributed by atoms with E-state index < -0.39 is 11.9 Å². The van der Waals surface area contributed by atoms with E-state index in [1.165, 1.54) is 26.4 Å². The van der Waals surface area contributed by atoms with Crippen LogP contribution >= 0.6 is 23.2 Å². The first-order valence-electron chi connectivity index (χ1n) is 9.70. The molecular weight excluding hydrogens is 479 g/mol. The normalized spacial score (nSPS) is 9.76. The topological polar surface area (TPSA) is 110 Å². The first kappa shape index (κ1) is 28.0. The molecule has 0 aliphatic carbocycles. The van der Waals surface area contributed by atoms with Gasteiger partial charge in [0, 0.05) is 30.3 Å². The van der Waals surface area contributed by atoms with Crippen molar-refractivity contribution < 1.29 is 43.1 Å². The van der Waals surface area contributed by atoms with Crippen LogP contribution in [0.1, 0.15) is 13.8 Å². The number of halogens is 2. The van der Waals surface area contributed by atoms with Gasteiger partial charge in [-0.1, -0.05) is 0 Å². The van der Waals surface area contributed by atoms with E-state index in [0.717, 1.165) is 0 Å². The van der Waals surface area contributed by atoms with Crippen LogP contribution in [0.2, 0.25) is 0 Å². The van der Waals surface area contributed by atoms with Crippen molar-refractivity contribution in [2.75, 3.05) is 39.2 Å². The van der Waals surface area contributed by atoms with E-state index in [9.17, 15) is 14.7 Å². The number of alkyl halides is 2. The zero-order chi connectivity index (χ0) is 24.8. The highest BCUT2D eigenvalue weighted by Gasteiger charge is 2.15. The third-order valence-corrected chi connectivity index (χ3v) is 4.03. The summed E-state index contributed by atoms with van der Waals surface area (Å²) in [6.45, 7) is 4.80. The van der Waals surface area contributed by atoms with Gasteiger partial charge < -0.3 is 33.5 Å². The summed E-state index contributed by atoms with van der Waals surface area (Å²) in [7, 11) is 2.77. The van der Waals surface area contributed by atoms with Crippen LogP contribution in [0.25, 0.3) is 0 Å². The van der Waals surface area contributed by atoms with Crippen molar-refractivity contribution in [3.8, 4) is 40.2 Å². The number of hydrogen-bond acceptors (Lipinski definition) is 9.